The number of benzene rings is 1. The van der Waals surface area contributed by atoms with Crippen LogP contribution in [0.2, 0.25) is 10.0 Å². The lowest BCUT2D eigenvalue weighted by atomic mass is 9.79. The van der Waals surface area contributed by atoms with Crippen molar-refractivity contribution in [3.05, 3.63) is 34.3 Å². The van der Waals surface area contributed by atoms with Crippen LogP contribution >= 0.6 is 23.2 Å². The van der Waals surface area contributed by atoms with Crippen molar-refractivity contribution in [1.29, 1.82) is 0 Å². The first-order valence-electron chi connectivity index (χ1n) is 22.7. The second-order valence-corrected chi connectivity index (χ2v) is 18.9. The second kappa shape index (κ2) is 29.1. The van der Waals surface area contributed by atoms with Crippen LogP contribution in [0, 0.1) is 40.4 Å². The lowest BCUT2D eigenvalue weighted by Crippen LogP contribution is -2.40. The number of carboxylic acids is 2. The summed E-state index contributed by atoms with van der Waals surface area (Å²) < 4.78 is 26.0. The number of carbonyl (C=O) groups is 8. The Hall–Kier alpha value is -4.90. The molecule has 0 saturated heterocycles. The van der Waals surface area contributed by atoms with E-state index in [9.17, 15) is 53.7 Å². The number of esters is 5. The quantitative estimate of drug-likeness (QED) is 0.0312. The number of hydrogen-bond acceptors (Lipinski definition) is 14. The van der Waals surface area contributed by atoms with E-state index >= 15 is 0 Å². The molecule has 19 heteroatoms. The minimum absolute atomic E-state index is 0.0667. The maximum absolute atomic E-state index is 12.9. The molecule has 1 amide bonds. The molecule has 378 valence electrons. The van der Waals surface area contributed by atoms with E-state index in [0.717, 1.165) is 12.8 Å². The van der Waals surface area contributed by atoms with Crippen LogP contribution in [-0.2, 0) is 62.0 Å². The third-order valence-corrected chi connectivity index (χ3v) is 12.6. The topological polar surface area (TPSA) is 255 Å². The van der Waals surface area contributed by atoms with E-state index in [1.54, 1.807) is 20.8 Å². The van der Waals surface area contributed by atoms with Gasteiger partial charge in [-0.2, -0.15) is 0 Å². The molecule has 0 heterocycles. The summed E-state index contributed by atoms with van der Waals surface area (Å²) >= 11 is 11.6. The second-order valence-electron chi connectivity index (χ2n) is 18.1. The third kappa shape index (κ3) is 20.5. The number of aliphatic carboxylic acids is 2. The van der Waals surface area contributed by atoms with E-state index in [4.69, 9.17) is 46.9 Å². The molecule has 3 rings (SSSR count). The fraction of sp³-hybridized carbons (Fsp3) is 0.667. The summed E-state index contributed by atoms with van der Waals surface area (Å²) in [4.78, 5) is 95.2. The molecule has 6 atom stereocenters. The van der Waals surface area contributed by atoms with Crippen LogP contribution in [0.4, 0.5) is 5.69 Å². The van der Waals surface area contributed by atoms with Crippen LogP contribution < -0.4 is 5.32 Å². The Morgan fingerprint density at radius 3 is 1.61 bits per heavy atom. The number of hydrogen-bond donors (Lipinski definition) is 4. The maximum atomic E-state index is 12.9. The molecule has 1 aromatic carbocycles. The van der Waals surface area contributed by atoms with Crippen molar-refractivity contribution < 1.29 is 77.4 Å². The largest absolute Gasteiger partial charge is 0.506 e. The first-order chi connectivity index (χ1) is 31.2. The Morgan fingerprint density at radius 1 is 0.701 bits per heavy atom. The van der Waals surface area contributed by atoms with Crippen LogP contribution in [0.5, 0.6) is 5.75 Å². The van der Waals surface area contributed by atoms with Gasteiger partial charge in [-0.25, -0.2) is 4.79 Å². The van der Waals surface area contributed by atoms with E-state index < -0.39 is 83.0 Å². The van der Waals surface area contributed by atoms with Gasteiger partial charge >= 0.3 is 41.8 Å². The zero-order valence-corrected chi connectivity index (χ0v) is 41.8. The molecular weight excluding hydrogens is 917 g/mol. The van der Waals surface area contributed by atoms with Crippen molar-refractivity contribution in [3.63, 3.8) is 0 Å². The average molecular weight is 989 g/mol. The minimum atomic E-state index is -1.13. The van der Waals surface area contributed by atoms with Crippen molar-refractivity contribution in [2.45, 2.75) is 139 Å². The van der Waals surface area contributed by atoms with Gasteiger partial charge in [-0.15, -0.1) is 0 Å². The number of phenols is 1. The third-order valence-electron chi connectivity index (χ3n) is 12.0. The number of amides is 1. The van der Waals surface area contributed by atoms with Gasteiger partial charge in [0, 0.05) is 17.6 Å². The molecule has 67 heavy (non-hydrogen) atoms. The highest BCUT2D eigenvalue weighted by atomic mass is 35.5. The SMILES string of the molecule is C=C(C)C(=O)OCCOC(=O)C(C)(C)CC.CCC(C)(C)C(=O)OCC(COC(=O)C1CCCCC1C(=O)O)OC(=O)C1CCCCC1C(=O)O.CCC(C)C(=O)Nc1cc(Cl)c(O)cc1Cl. The number of rotatable bonds is 20. The monoisotopic (exact) mass is 987 g/mol. The molecule has 2 fully saturated rings. The van der Waals surface area contributed by atoms with Gasteiger partial charge in [0.2, 0.25) is 5.91 Å². The summed E-state index contributed by atoms with van der Waals surface area (Å²) in [5.41, 5.74) is -0.506. The molecule has 4 N–H and O–H groups in total. The molecule has 2 saturated carbocycles. The van der Waals surface area contributed by atoms with Crippen molar-refractivity contribution in [1.82, 2.24) is 0 Å². The molecule has 0 bridgehead atoms. The highest BCUT2D eigenvalue weighted by molar-refractivity contribution is 6.36. The smallest absolute Gasteiger partial charge is 0.333 e. The van der Waals surface area contributed by atoms with Crippen LogP contribution in [0.1, 0.15) is 133 Å². The van der Waals surface area contributed by atoms with E-state index in [0.29, 0.717) is 69.0 Å². The van der Waals surface area contributed by atoms with Crippen LogP contribution in [-0.4, -0.2) is 95.5 Å². The van der Waals surface area contributed by atoms with Crippen molar-refractivity contribution in [2.24, 2.45) is 40.4 Å². The highest BCUT2D eigenvalue weighted by Gasteiger charge is 2.40. The van der Waals surface area contributed by atoms with Gasteiger partial charge in [0.15, 0.2) is 6.10 Å². The number of phenolic OH excluding ortho intramolecular Hbond substituents is 1. The Balaban J connectivity index is 0.000000581. The Kier molecular flexibility index (Phi) is 26.1. The number of carbonyl (C=O) groups excluding carboxylic acids is 6. The fourth-order valence-corrected chi connectivity index (χ4v) is 6.75. The van der Waals surface area contributed by atoms with Gasteiger partial charge in [-0.05, 0) is 85.6 Å². The predicted molar refractivity (Wildman–Crippen MR) is 249 cm³/mol. The van der Waals surface area contributed by atoms with Gasteiger partial charge in [0.1, 0.15) is 32.2 Å². The highest BCUT2D eigenvalue weighted by Crippen LogP contribution is 2.35. The zero-order chi connectivity index (χ0) is 51.2. The fourth-order valence-electron chi connectivity index (χ4n) is 6.38. The van der Waals surface area contributed by atoms with Crippen molar-refractivity contribution in [3.8, 4) is 5.75 Å². The van der Waals surface area contributed by atoms with Crippen LogP contribution in [0.15, 0.2) is 24.3 Å². The Labute approximate surface area is 403 Å². The number of carboxylic acid groups (broad SMARTS) is 2. The summed E-state index contributed by atoms with van der Waals surface area (Å²) in [6.45, 7) is 18.9. The number of anilines is 1. The average Bonchev–Trinajstić information content (AvgIpc) is 3.29. The molecular formula is C48H71Cl2NO16. The Bertz CT molecular complexity index is 1880. The normalized spacial score (nSPS) is 18.9. The zero-order valence-electron chi connectivity index (χ0n) is 40.3. The van der Waals surface area contributed by atoms with E-state index in [1.165, 1.54) is 12.1 Å². The number of halogens is 2. The molecule has 2 aliphatic rings. The maximum Gasteiger partial charge on any atom is 0.333 e. The molecule has 0 aliphatic heterocycles. The van der Waals surface area contributed by atoms with Crippen LogP contribution in [0.3, 0.4) is 0 Å². The number of nitrogens with one attached hydrogen (secondary N) is 1. The van der Waals surface area contributed by atoms with Gasteiger partial charge in [-0.3, -0.25) is 33.6 Å². The van der Waals surface area contributed by atoms with Gasteiger partial charge in [0.25, 0.3) is 0 Å². The summed E-state index contributed by atoms with van der Waals surface area (Å²) in [7, 11) is 0. The van der Waals surface area contributed by atoms with Crippen molar-refractivity contribution >= 4 is 76.6 Å². The standard InChI is InChI=1S/C25H38O10.C12H20O4.C11H13Cl2NO2/c1-4-25(2,3)24(32)34-14-15(35-23(31)19-12-8-6-10-17(19)21(28)29)13-33-22(30)18-11-7-5-9-16(18)20(26)27;1-6-12(4,5)11(14)16-8-7-15-10(13)9(2)3;1-3-6(2)11(16)14-9-4-8(13)10(15)5-7(9)12/h15-19H,4-14H2,1-3H3,(H,26,27)(H,28,29);2,6-8H2,1,3-5H3;4-6,15H,3H2,1-2H3,(H,14,16). The van der Waals surface area contributed by atoms with Gasteiger partial charge in [0.05, 0.1) is 50.2 Å². The molecule has 6 unspecified atom stereocenters. The number of aromatic hydroxyl groups is 1. The lowest BCUT2D eigenvalue weighted by molar-refractivity contribution is -0.178. The van der Waals surface area contributed by atoms with E-state index in [-0.39, 0.29) is 53.4 Å². The predicted octanol–water partition coefficient (Wildman–Crippen LogP) is 8.97. The first-order valence-corrected chi connectivity index (χ1v) is 23.5. The number of ether oxygens (including phenoxy) is 5. The molecule has 1 aromatic rings. The summed E-state index contributed by atoms with van der Waals surface area (Å²) in [6, 6.07) is 2.73. The summed E-state index contributed by atoms with van der Waals surface area (Å²) in [5.74, 6) is -8.44. The molecule has 0 spiro atoms. The van der Waals surface area contributed by atoms with Crippen molar-refractivity contribution in [2.75, 3.05) is 31.7 Å². The molecule has 2 aliphatic carbocycles. The first kappa shape index (κ1) is 60.1. The lowest BCUT2D eigenvalue weighted by Gasteiger charge is -2.30. The van der Waals surface area contributed by atoms with Gasteiger partial charge in [-0.1, -0.05) is 83.2 Å². The minimum Gasteiger partial charge on any atom is -0.506 e. The van der Waals surface area contributed by atoms with E-state index in [2.05, 4.69) is 11.9 Å². The molecule has 0 radical (unpaired) electrons. The molecule has 0 aromatic heterocycles. The summed E-state index contributed by atoms with van der Waals surface area (Å²) in [5, 5.41) is 31.3. The Morgan fingerprint density at radius 2 is 1.15 bits per heavy atom. The summed E-state index contributed by atoms with van der Waals surface area (Å²) in [6.07, 6.45) is 5.18. The molecule has 17 nitrogen and oxygen atoms in total. The van der Waals surface area contributed by atoms with Gasteiger partial charge < -0.3 is 44.3 Å². The van der Waals surface area contributed by atoms with E-state index in [1.807, 2.05) is 41.5 Å². The van der Waals surface area contributed by atoms with Crippen LogP contribution in [0.25, 0.3) is 0 Å².